The molecular formula is C12H19N3OS. The molecule has 1 aromatic rings. The van der Waals surface area contributed by atoms with E-state index in [1.807, 2.05) is 30.8 Å². The average molecular weight is 253 g/mol. The fourth-order valence-corrected chi connectivity index (χ4v) is 2.41. The fourth-order valence-electron chi connectivity index (χ4n) is 1.29. The van der Waals surface area contributed by atoms with Gasteiger partial charge >= 0.3 is 0 Å². The van der Waals surface area contributed by atoms with Crippen molar-refractivity contribution < 1.29 is 4.79 Å². The molecule has 0 radical (unpaired) electrons. The molecule has 0 aromatic heterocycles. The van der Waals surface area contributed by atoms with Crippen LogP contribution in [0.15, 0.2) is 24.3 Å². The van der Waals surface area contributed by atoms with Crippen LogP contribution < -0.4 is 17.0 Å². The lowest BCUT2D eigenvalue weighted by Crippen LogP contribution is -2.29. The summed E-state index contributed by atoms with van der Waals surface area (Å²) in [5.74, 6) is 6.79. The molecule has 0 saturated carbocycles. The molecule has 1 unspecified atom stereocenters. The predicted molar refractivity (Wildman–Crippen MR) is 72.5 cm³/mol. The Morgan fingerprint density at radius 3 is 2.59 bits per heavy atom. The van der Waals surface area contributed by atoms with E-state index in [0.29, 0.717) is 5.56 Å². The van der Waals surface area contributed by atoms with Gasteiger partial charge in [-0.2, -0.15) is 11.8 Å². The number of hydrogen-bond acceptors (Lipinski definition) is 4. The van der Waals surface area contributed by atoms with Crippen LogP contribution in [0.25, 0.3) is 0 Å². The van der Waals surface area contributed by atoms with Gasteiger partial charge in [-0.3, -0.25) is 10.2 Å². The average Bonchev–Trinajstić information content (AvgIpc) is 2.34. The van der Waals surface area contributed by atoms with Crippen molar-refractivity contribution in [2.75, 3.05) is 5.75 Å². The van der Waals surface area contributed by atoms with Crippen LogP contribution in [0.2, 0.25) is 0 Å². The normalized spacial score (nSPS) is 12.2. The molecule has 4 nitrogen and oxygen atoms in total. The second kappa shape index (κ2) is 7.32. The standard InChI is InChI=1S/C12H19N3OS/c1-9(13)6-7-17-8-10-2-4-11(5-3-10)12(16)15-14/h2-5,9H,6-8,13-14H2,1H3,(H,15,16). The summed E-state index contributed by atoms with van der Waals surface area (Å²) < 4.78 is 0. The van der Waals surface area contributed by atoms with Crippen molar-refractivity contribution in [3.63, 3.8) is 0 Å². The molecule has 1 atom stereocenters. The van der Waals surface area contributed by atoms with E-state index in [4.69, 9.17) is 11.6 Å². The third-order valence-electron chi connectivity index (χ3n) is 2.33. The Kier molecular flexibility index (Phi) is 6.04. The van der Waals surface area contributed by atoms with Crippen LogP contribution in [-0.4, -0.2) is 17.7 Å². The molecule has 0 bridgehead atoms. The molecular weight excluding hydrogens is 234 g/mol. The molecule has 0 fully saturated rings. The summed E-state index contributed by atoms with van der Waals surface area (Å²) in [5.41, 5.74) is 9.56. The molecule has 1 aromatic carbocycles. The monoisotopic (exact) mass is 253 g/mol. The molecule has 1 amide bonds. The molecule has 5 N–H and O–H groups in total. The first-order valence-corrected chi connectivity index (χ1v) is 6.72. The van der Waals surface area contributed by atoms with Crippen LogP contribution in [0.5, 0.6) is 0 Å². The van der Waals surface area contributed by atoms with E-state index >= 15 is 0 Å². The minimum absolute atomic E-state index is 0.262. The van der Waals surface area contributed by atoms with Crippen LogP contribution in [-0.2, 0) is 5.75 Å². The van der Waals surface area contributed by atoms with Gasteiger partial charge in [0.05, 0.1) is 0 Å². The van der Waals surface area contributed by atoms with E-state index in [1.165, 1.54) is 5.56 Å². The summed E-state index contributed by atoms with van der Waals surface area (Å²) in [6.45, 7) is 2.01. The predicted octanol–water partition coefficient (Wildman–Crippen LogP) is 1.26. The second-order valence-electron chi connectivity index (χ2n) is 3.99. The van der Waals surface area contributed by atoms with Crippen molar-refractivity contribution in [3.05, 3.63) is 35.4 Å². The van der Waals surface area contributed by atoms with E-state index in [2.05, 4.69) is 5.43 Å². The minimum atomic E-state index is -0.263. The number of carbonyl (C=O) groups is 1. The molecule has 94 valence electrons. The Hall–Kier alpha value is -1.04. The molecule has 0 spiro atoms. The quantitative estimate of drug-likeness (QED) is 0.308. The Morgan fingerprint density at radius 2 is 2.06 bits per heavy atom. The zero-order valence-corrected chi connectivity index (χ0v) is 10.8. The molecule has 0 heterocycles. The highest BCUT2D eigenvalue weighted by molar-refractivity contribution is 7.98. The highest BCUT2D eigenvalue weighted by Gasteiger charge is 2.02. The first-order chi connectivity index (χ1) is 8.13. The van der Waals surface area contributed by atoms with Gasteiger partial charge in [-0.25, -0.2) is 5.84 Å². The van der Waals surface area contributed by atoms with Crippen molar-refractivity contribution in [2.45, 2.75) is 25.1 Å². The number of thioether (sulfide) groups is 1. The van der Waals surface area contributed by atoms with Gasteiger partial charge in [-0.05, 0) is 36.8 Å². The van der Waals surface area contributed by atoms with Gasteiger partial charge in [0.1, 0.15) is 0 Å². The van der Waals surface area contributed by atoms with E-state index in [-0.39, 0.29) is 11.9 Å². The van der Waals surface area contributed by atoms with Crippen LogP contribution >= 0.6 is 11.8 Å². The number of nitrogens with one attached hydrogen (secondary N) is 1. The maximum Gasteiger partial charge on any atom is 0.265 e. The van der Waals surface area contributed by atoms with Crippen LogP contribution in [0, 0.1) is 0 Å². The Balaban J connectivity index is 2.38. The van der Waals surface area contributed by atoms with Gasteiger partial charge in [0.2, 0.25) is 0 Å². The number of carbonyl (C=O) groups excluding carboxylic acids is 1. The Labute approximate surface area is 106 Å². The number of amides is 1. The van der Waals surface area contributed by atoms with Crippen molar-refractivity contribution in [2.24, 2.45) is 11.6 Å². The Bertz CT molecular complexity index is 351. The lowest BCUT2D eigenvalue weighted by molar-refractivity contribution is 0.0953. The summed E-state index contributed by atoms with van der Waals surface area (Å²) >= 11 is 1.85. The number of nitrogen functional groups attached to an aromatic ring is 1. The minimum Gasteiger partial charge on any atom is -0.328 e. The summed E-state index contributed by atoms with van der Waals surface area (Å²) in [7, 11) is 0. The summed E-state index contributed by atoms with van der Waals surface area (Å²) in [4.78, 5) is 11.2. The van der Waals surface area contributed by atoms with Crippen molar-refractivity contribution >= 4 is 17.7 Å². The van der Waals surface area contributed by atoms with E-state index in [1.54, 1.807) is 12.1 Å². The van der Waals surface area contributed by atoms with Gasteiger partial charge in [-0.1, -0.05) is 12.1 Å². The SMILES string of the molecule is CC(N)CCSCc1ccc(C(=O)NN)cc1. The zero-order chi connectivity index (χ0) is 12.7. The van der Waals surface area contributed by atoms with Crippen LogP contribution in [0.4, 0.5) is 0 Å². The van der Waals surface area contributed by atoms with Gasteiger partial charge in [0, 0.05) is 17.4 Å². The zero-order valence-electron chi connectivity index (χ0n) is 9.98. The smallest absolute Gasteiger partial charge is 0.265 e. The van der Waals surface area contributed by atoms with E-state index in [9.17, 15) is 4.79 Å². The number of hydrogen-bond donors (Lipinski definition) is 3. The number of nitrogens with two attached hydrogens (primary N) is 2. The molecule has 0 aliphatic heterocycles. The van der Waals surface area contributed by atoms with Gasteiger partial charge in [0.15, 0.2) is 0 Å². The van der Waals surface area contributed by atoms with Gasteiger partial charge in [-0.15, -0.1) is 0 Å². The lowest BCUT2D eigenvalue weighted by Gasteiger charge is -2.05. The van der Waals surface area contributed by atoms with Gasteiger partial charge < -0.3 is 5.73 Å². The fraction of sp³-hybridized carbons (Fsp3) is 0.417. The maximum absolute atomic E-state index is 11.2. The summed E-state index contributed by atoms with van der Waals surface area (Å²) in [5, 5.41) is 0. The molecule has 0 aliphatic carbocycles. The largest absolute Gasteiger partial charge is 0.328 e. The first kappa shape index (κ1) is 14.0. The molecule has 0 saturated heterocycles. The maximum atomic E-state index is 11.2. The van der Waals surface area contributed by atoms with E-state index < -0.39 is 0 Å². The highest BCUT2D eigenvalue weighted by atomic mass is 32.2. The Morgan fingerprint density at radius 1 is 1.41 bits per heavy atom. The second-order valence-corrected chi connectivity index (χ2v) is 5.09. The molecule has 1 rings (SSSR count). The number of hydrazine groups is 1. The highest BCUT2D eigenvalue weighted by Crippen LogP contribution is 2.14. The van der Waals surface area contributed by atoms with E-state index in [0.717, 1.165) is 17.9 Å². The molecule has 5 heteroatoms. The molecule has 0 aliphatic rings. The summed E-state index contributed by atoms with van der Waals surface area (Å²) in [6.07, 6.45) is 1.03. The van der Waals surface area contributed by atoms with Crippen molar-refractivity contribution in [3.8, 4) is 0 Å². The topological polar surface area (TPSA) is 81.1 Å². The van der Waals surface area contributed by atoms with Crippen LogP contribution in [0.1, 0.15) is 29.3 Å². The van der Waals surface area contributed by atoms with Crippen LogP contribution in [0.3, 0.4) is 0 Å². The lowest BCUT2D eigenvalue weighted by atomic mass is 10.1. The van der Waals surface area contributed by atoms with Gasteiger partial charge in [0.25, 0.3) is 5.91 Å². The third kappa shape index (κ3) is 5.21. The first-order valence-electron chi connectivity index (χ1n) is 5.56. The third-order valence-corrected chi connectivity index (χ3v) is 3.40. The van der Waals surface area contributed by atoms with Crippen molar-refractivity contribution in [1.29, 1.82) is 0 Å². The number of benzene rings is 1. The number of rotatable bonds is 6. The summed E-state index contributed by atoms with van der Waals surface area (Å²) in [6, 6.07) is 7.72. The van der Waals surface area contributed by atoms with Crippen molar-refractivity contribution in [1.82, 2.24) is 5.43 Å². The molecule has 17 heavy (non-hydrogen) atoms.